The van der Waals surface area contributed by atoms with Crippen LogP contribution in [0.25, 0.3) is 11.4 Å². The first-order valence-electron chi connectivity index (χ1n) is 10.3. The maximum Gasteiger partial charge on any atom is 0.374 e. The lowest BCUT2D eigenvalue weighted by atomic mass is 10.2. The average molecular weight is 471 g/mol. The van der Waals surface area contributed by atoms with Crippen LogP contribution in [0.1, 0.15) is 27.8 Å². The van der Waals surface area contributed by atoms with Gasteiger partial charge >= 0.3 is 5.97 Å². The van der Waals surface area contributed by atoms with Gasteiger partial charge in [-0.15, -0.1) is 0 Å². The summed E-state index contributed by atoms with van der Waals surface area (Å²) in [4.78, 5) is 34.7. The standard InChI is InChI=1S/C22H22N4O6S/c1-2-31-22(28)18-8-9-19(32-18)33(29,30)26-12-10-25(11-13-26)21(27)17-14-23-20(24-15-17)16-6-4-3-5-7-16/h3-9,14-15H,2,10-13H2,1H3. The molecule has 0 atom stereocenters. The van der Waals surface area contributed by atoms with Crippen molar-refractivity contribution in [2.75, 3.05) is 32.8 Å². The number of ether oxygens (including phenoxy) is 1. The predicted octanol–water partition coefficient (Wildman–Crippen LogP) is 2.06. The van der Waals surface area contributed by atoms with E-state index in [2.05, 4.69) is 9.97 Å². The number of hydrogen-bond acceptors (Lipinski definition) is 8. The van der Waals surface area contributed by atoms with E-state index in [1.807, 2.05) is 30.3 Å². The minimum absolute atomic E-state index is 0.0898. The van der Waals surface area contributed by atoms with Crippen molar-refractivity contribution in [3.8, 4) is 11.4 Å². The van der Waals surface area contributed by atoms with Crippen LogP contribution in [0, 0.1) is 0 Å². The van der Waals surface area contributed by atoms with Gasteiger partial charge in [0.05, 0.1) is 12.2 Å². The minimum Gasteiger partial charge on any atom is -0.460 e. The molecular weight excluding hydrogens is 448 g/mol. The lowest BCUT2D eigenvalue weighted by molar-refractivity contribution is 0.0483. The molecule has 1 aliphatic heterocycles. The molecule has 0 radical (unpaired) electrons. The Kier molecular flexibility index (Phi) is 6.52. The number of esters is 1. The first-order valence-corrected chi connectivity index (χ1v) is 11.8. The fourth-order valence-corrected chi connectivity index (χ4v) is 4.72. The molecular formula is C22H22N4O6S. The molecule has 3 heterocycles. The van der Waals surface area contributed by atoms with Gasteiger partial charge < -0.3 is 14.1 Å². The largest absolute Gasteiger partial charge is 0.460 e. The summed E-state index contributed by atoms with van der Waals surface area (Å²) in [7, 11) is -3.94. The SMILES string of the molecule is CCOC(=O)c1ccc(S(=O)(=O)N2CCN(C(=O)c3cnc(-c4ccccc4)nc3)CC2)o1. The van der Waals surface area contributed by atoms with Crippen LogP contribution < -0.4 is 0 Å². The molecule has 10 nitrogen and oxygen atoms in total. The molecule has 0 aliphatic carbocycles. The number of amides is 1. The number of piperazine rings is 1. The summed E-state index contributed by atoms with van der Waals surface area (Å²) in [5, 5.41) is -0.338. The van der Waals surface area contributed by atoms with E-state index < -0.39 is 16.0 Å². The molecule has 11 heteroatoms. The summed E-state index contributed by atoms with van der Waals surface area (Å²) in [5.41, 5.74) is 1.18. The first-order chi connectivity index (χ1) is 15.9. The Hall–Kier alpha value is -3.57. The predicted molar refractivity (Wildman–Crippen MR) is 117 cm³/mol. The van der Waals surface area contributed by atoms with Crippen LogP contribution in [0.2, 0.25) is 0 Å². The Morgan fingerprint density at radius 2 is 1.67 bits per heavy atom. The van der Waals surface area contributed by atoms with E-state index in [-0.39, 0.29) is 49.5 Å². The van der Waals surface area contributed by atoms with Gasteiger partial charge in [-0.05, 0) is 19.1 Å². The number of furan rings is 1. The summed E-state index contributed by atoms with van der Waals surface area (Å²) in [6, 6.07) is 11.9. The number of nitrogens with zero attached hydrogens (tertiary/aromatic N) is 4. The van der Waals surface area contributed by atoms with Crippen molar-refractivity contribution in [1.29, 1.82) is 0 Å². The van der Waals surface area contributed by atoms with Gasteiger partial charge in [0.25, 0.3) is 15.9 Å². The Morgan fingerprint density at radius 1 is 1.00 bits per heavy atom. The van der Waals surface area contributed by atoms with Crippen molar-refractivity contribution >= 4 is 21.9 Å². The second-order valence-corrected chi connectivity index (χ2v) is 9.07. The molecule has 0 bridgehead atoms. The Labute approximate surface area is 190 Å². The smallest absolute Gasteiger partial charge is 0.374 e. The molecule has 0 unspecified atom stereocenters. The van der Waals surface area contributed by atoms with Gasteiger partial charge in [-0.25, -0.2) is 23.2 Å². The lowest BCUT2D eigenvalue weighted by Gasteiger charge is -2.33. The molecule has 0 N–H and O–H groups in total. The normalized spacial score (nSPS) is 14.8. The van der Waals surface area contributed by atoms with Crippen LogP contribution in [0.3, 0.4) is 0 Å². The zero-order valence-corrected chi connectivity index (χ0v) is 18.7. The monoisotopic (exact) mass is 470 g/mol. The maximum absolute atomic E-state index is 12.9. The van der Waals surface area contributed by atoms with E-state index in [1.54, 1.807) is 11.8 Å². The van der Waals surface area contributed by atoms with Crippen LogP contribution in [0.4, 0.5) is 0 Å². The molecule has 1 fully saturated rings. The Morgan fingerprint density at radius 3 is 2.30 bits per heavy atom. The Bertz CT molecular complexity index is 1230. The van der Waals surface area contributed by atoms with Crippen molar-refractivity contribution in [2.45, 2.75) is 12.0 Å². The third-order valence-corrected chi connectivity index (χ3v) is 6.88. The molecule has 33 heavy (non-hydrogen) atoms. The van der Waals surface area contributed by atoms with Crippen molar-refractivity contribution < 1.29 is 27.2 Å². The summed E-state index contributed by atoms with van der Waals surface area (Å²) in [6.07, 6.45) is 2.95. The fourth-order valence-electron chi connectivity index (χ4n) is 3.39. The van der Waals surface area contributed by atoms with E-state index >= 15 is 0 Å². The molecule has 3 aromatic rings. The highest BCUT2D eigenvalue weighted by Gasteiger charge is 2.33. The third-order valence-electron chi connectivity index (χ3n) is 5.11. The fraction of sp³-hybridized carbons (Fsp3) is 0.273. The number of hydrogen-bond donors (Lipinski definition) is 0. The van der Waals surface area contributed by atoms with Crippen LogP contribution in [0.5, 0.6) is 0 Å². The Balaban J connectivity index is 1.39. The molecule has 4 rings (SSSR count). The van der Waals surface area contributed by atoms with Crippen LogP contribution in [-0.4, -0.2) is 72.3 Å². The van der Waals surface area contributed by atoms with E-state index in [4.69, 9.17) is 9.15 Å². The topological polar surface area (TPSA) is 123 Å². The van der Waals surface area contributed by atoms with Crippen molar-refractivity contribution in [1.82, 2.24) is 19.2 Å². The number of aromatic nitrogens is 2. The van der Waals surface area contributed by atoms with E-state index in [1.165, 1.54) is 28.8 Å². The molecule has 1 aromatic carbocycles. The number of carbonyl (C=O) groups excluding carboxylic acids is 2. The van der Waals surface area contributed by atoms with Gasteiger partial charge in [0.2, 0.25) is 10.9 Å². The van der Waals surface area contributed by atoms with Crippen molar-refractivity contribution in [2.24, 2.45) is 0 Å². The summed E-state index contributed by atoms with van der Waals surface area (Å²) >= 11 is 0. The molecule has 1 saturated heterocycles. The second kappa shape index (κ2) is 9.51. The molecule has 1 aliphatic rings. The van der Waals surface area contributed by atoms with Gasteiger partial charge in [0.1, 0.15) is 0 Å². The number of rotatable bonds is 6. The van der Waals surface area contributed by atoms with E-state index in [9.17, 15) is 18.0 Å². The summed E-state index contributed by atoms with van der Waals surface area (Å²) in [6.45, 7) is 2.37. The zero-order valence-electron chi connectivity index (χ0n) is 17.9. The highest BCUT2D eigenvalue weighted by molar-refractivity contribution is 7.89. The lowest BCUT2D eigenvalue weighted by Crippen LogP contribution is -2.50. The van der Waals surface area contributed by atoms with Crippen LogP contribution in [0.15, 0.2) is 64.4 Å². The number of carbonyl (C=O) groups is 2. The highest BCUT2D eigenvalue weighted by atomic mass is 32.2. The van der Waals surface area contributed by atoms with Gasteiger partial charge in [0.15, 0.2) is 5.82 Å². The maximum atomic E-state index is 12.9. The third kappa shape index (κ3) is 4.78. The molecule has 1 amide bonds. The zero-order chi connectivity index (χ0) is 23.4. The number of benzene rings is 1. The molecule has 2 aromatic heterocycles. The van der Waals surface area contributed by atoms with Gasteiger partial charge in [0, 0.05) is 44.1 Å². The average Bonchev–Trinajstić information content (AvgIpc) is 3.36. The van der Waals surface area contributed by atoms with Gasteiger partial charge in [-0.3, -0.25) is 4.79 Å². The molecule has 0 saturated carbocycles. The van der Waals surface area contributed by atoms with Crippen LogP contribution in [-0.2, 0) is 14.8 Å². The van der Waals surface area contributed by atoms with Crippen molar-refractivity contribution in [3.63, 3.8) is 0 Å². The van der Waals surface area contributed by atoms with Crippen LogP contribution >= 0.6 is 0 Å². The summed E-state index contributed by atoms with van der Waals surface area (Å²) in [5.74, 6) is -0.656. The first kappa shape index (κ1) is 22.6. The van der Waals surface area contributed by atoms with Gasteiger partial charge in [-0.2, -0.15) is 4.31 Å². The quantitative estimate of drug-likeness (QED) is 0.502. The van der Waals surface area contributed by atoms with E-state index in [0.29, 0.717) is 11.4 Å². The molecule has 172 valence electrons. The minimum atomic E-state index is -3.94. The van der Waals surface area contributed by atoms with Gasteiger partial charge in [-0.1, -0.05) is 30.3 Å². The highest BCUT2D eigenvalue weighted by Crippen LogP contribution is 2.21. The molecule has 0 spiro atoms. The number of sulfonamides is 1. The van der Waals surface area contributed by atoms with Crippen molar-refractivity contribution in [3.05, 3.63) is 66.2 Å². The van der Waals surface area contributed by atoms with E-state index in [0.717, 1.165) is 5.56 Å². The second-order valence-electron chi connectivity index (χ2n) is 7.20. The summed E-state index contributed by atoms with van der Waals surface area (Å²) < 4.78 is 37.0.